The van der Waals surface area contributed by atoms with Gasteiger partial charge in [-0.2, -0.15) is 0 Å². The van der Waals surface area contributed by atoms with E-state index in [2.05, 4.69) is 0 Å². The molecule has 25 heavy (non-hydrogen) atoms. The molecule has 0 amide bonds. The Labute approximate surface area is 152 Å². The smallest absolute Gasteiger partial charge is 0.342 e. The third-order valence-corrected chi connectivity index (χ3v) is 5.22. The number of hydrogen-bond acceptors (Lipinski definition) is 6. The number of benzene rings is 1. The molecule has 1 aliphatic rings. The number of rotatable bonds is 7. The quantitative estimate of drug-likeness (QED) is 0.449. The van der Waals surface area contributed by atoms with Gasteiger partial charge in [0.1, 0.15) is 23.7 Å². The average Bonchev–Trinajstić information content (AvgIpc) is 2.95. The van der Waals surface area contributed by atoms with Crippen LogP contribution in [-0.2, 0) is 22.6 Å². The van der Waals surface area contributed by atoms with Crippen LogP contribution < -0.4 is 4.74 Å². The first kappa shape index (κ1) is 19.4. The minimum atomic E-state index is -0.485. The molecule has 0 unspecified atom stereocenters. The average molecular weight is 364 g/mol. The Kier molecular flexibility index (Phi) is 6.53. The lowest BCUT2D eigenvalue weighted by atomic mass is 9.94. The number of carbonyl (C=O) groups is 2. The Morgan fingerprint density at radius 3 is 2.76 bits per heavy atom. The second kappa shape index (κ2) is 8.43. The van der Waals surface area contributed by atoms with Crippen LogP contribution in [0.25, 0.3) is 0 Å². The predicted octanol–water partition coefficient (Wildman–Crippen LogP) is 3.93. The van der Waals surface area contributed by atoms with E-state index in [9.17, 15) is 14.7 Å². The van der Waals surface area contributed by atoms with Crippen molar-refractivity contribution >= 4 is 22.8 Å². The van der Waals surface area contributed by atoms with Crippen molar-refractivity contribution in [2.24, 2.45) is 0 Å². The zero-order valence-electron chi connectivity index (χ0n) is 15.1. The Morgan fingerprint density at radius 1 is 1.40 bits per heavy atom. The maximum Gasteiger partial charge on any atom is 0.342 e. The Morgan fingerprint density at radius 2 is 2.12 bits per heavy atom. The number of hydrogen-bond donors (Lipinski definition) is 1. The van der Waals surface area contributed by atoms with E-state index in [0.29, 0.717) is 23.3 Å². The summed E-state index contributed by atoms with van der Waals surface area (Å²) in [4.78, 5) is 22.8. The van der Waals surface area contributed by atoms with Crippen molar-refractivity contribution < 1.29 is 24.2 Å². The van der Waals surface area contributed by atoms with Crippen molar-refractivity contribution in [2.45, 2.75) is 46.6 Å². The topological polar surface area (TPSA) is 72.8 Å². The SMILES string of the molecule is COc1c(C)c2c(c(O)c1C/C=C(\C)CCCSC(C)=O)C(=O)OC2. The number of thioether (sulfide) groups is 1. The molecule has 1 aromatic rings. The first-order valence-electron chi connectivity index (χ1n) is 8.24. The fourth-order valence-corrected chi connectivity index (χ4v) is 3.55. The second-order valence-electron chi connectivity index (χ2n) is 6.11. The van der Waals surface area contributed by atoms with Crippen LogP contribution in [0.2, 0.25) is 0 Å². The van der Waals surface area contributed by atoms with Gasteiger partial charge in [0.25, 0.3) is 0 Å². The first-order chi connectivity index (χ1) is 11.9. The minimum Gasteiger partial charge on any atom is -0.507 e. The molecule has 6 heteroatoms. The number of allylic oxidation sites excluding steroid dienone is 2. The normalized spacial score (nSPS) is 13.6. The number of cyclic esters (lactones) is 1. The molecule has 0 saturated carbocycles. The van der Waals surface area contributed by atoms with Crippen LogP contribution in [0.5, 0.6) is 11.5 Å². The monoisotopic (exact) mass is 364 g/mol. The molecule has 1 aromatic carbocycles. The maximum atomic E-state index is 11.9. The summed E-state index contributed by atoms with van der Waals surface area (Å²) in [6.07, 6.45) is 4.31. The number of aromatic hydroxyl groups is 1. The molecule has 0 radical (unpaired) electrons. The highest BCUT2D eigenvalue weighted by molar-refractivity contribution is 8.13. The Bertz CT molecular complexity index is 721. The van der Waals surface area contributed by atoms with Gasteiger partial charge < -0.3 is 14.6 Å². The number of phenols is 1. The van der Waals surface area contributed by atoms with Crippen LogP contribution in [0.3, 0.4) is 0 Å². The fourth-order valence-electron chi connectivity index (χ4n) is 2.97. The summed E-state index contributed by atoms with van der Waals surface area (Å²) in [6, 6.07) is 0. The molecule has 0 spiro atoms. The van der Waals surface area contributed by atoms with Gasteiger partial charge in [0.2, 0.25) is 0 Å². The van der Waals surface area contributed by atoms with Gasteiger partial charge >= 0.3 is 5.97 Å². The Balaban J connectivity index is 2.18. The van der Waals surface area contributed by atoms with Crippen LogP contribution >= 0.6 is 11.8 Å². The lowest BCUT2D eigenvalue weighted by molar-refractivity contribution is -0.109. The Hall–Kier alpha value is -1.95. The van der Waals surface area contributed by atoms with Crippen molar-refractivity contribution in [3.05, 3.63) is 33.9 Å². The molecule has 0 bridgehead atoms. The second-order valence-corrected chi connectivity index (χ2v) is 7.39. The van der Waals surface area contributed by atoms with E-state index in [1.807, 2.05) is 19.9 Å². The van der Waals surface area contributed by atoms with Gasteiger partial charge in [0.05, 0.1) is 7.11 Å². The third kappa shape index (κ3) is 4.37. The predicted molar refractivity (Wildman–Crippen MR) is 98.3 cm³/mol. The van der Waals surface area contributed by atoms with Gasteiger partial charge in [0, 0.05) is 23.8 Å². The molecule has 1 N–H and O–H groups in total. The number of esters is 1. The number of fused-ring (bicyclic) bond motifs is 1. The third-order valence-electron chi connectivity index (χ3n) is 4.32. The van der Waals surface area contributed by atoms with Gasteiger partial charge in [-0.1, -0.05) is 23.4 Å². The summed E-state index contributed by atoms with van der Waals surface area (Å²) < 4.78 is 10.5. The van der Waals surface area contributed by atoms with E-state index in [1.54, 1.807) is 14.0 Å². The molecule has 0 fully saturated rings. The van der Waals surface area contributed by atoms with E-state index >= 15 is 0 Å². The molecule has 1 heterocycles. The van der Waals surface area contributed by atoms with Crippen molar-refractivity contribution in [2.75, 3.05) is 12.9 Å². The van der Waals surface area contributed by atoms with Crippen LogP contribution in [0, 0.1) is 6.92 Å². The maximum absolute atomic E-state index is 11.9. The lowest BCUT2D eigenvalue weighted by Gasteiger charge is -2.15. The number of carbonyl (C=O) groups excluding carboxylic acids is 2. The summed E-state index contributed by atoms with van der Waals surface area (Å²) in [7, 11) is 1.56. The molecular weight excluding hydrogens is 340 g/mol. The zero-order valence-corrected chi connectivity index (χ0v) is 15.9. The summed E-state index contributed by atoms with van der Waals surface area (Å²) in [5.74, 6) is 0.877. The number of methoxy groups -OCH3 is 1. The molecule has 0 aromatic heterocycles. The van der Waals surface area contributed by atoms with Crippen molar-refractivity contribution in [3.8, 4) is 11.5 Å². The van der Waals surface area contributed by atoms with Gasteiger partial charge in [-0.15, -0.1) is 0 Å². The first-order valence-corrected chi connectivity index (χ1v) is 9.22. The largest absolute Gasteiger partial charge is 0.507 e. The van der Waals surface area contributed by atoms with E-state index in [1.165, 1.54) is 17.3 Å². The standard InChI is InChI=1S/C19H24O5S/c1-11(6-5-9-25-13(3)20)7-8-14-17(21)16-15(10-24-19(16)22)12(2)18(14)23-4/h7,21H,5-6,8-10H2,1-4H3/b11-7+. The van der Waals surface area contributed by atoms with Crippen LogP contribution in [0.4, 0.5) is 0 Å². The van der Waals surface area contributed by atoms with Gasteiger partial charge in [-0.3, -0.25) is 4.79 Å². The van der Waals surface area contributed by atoms with E-state index in [0.717, 1.165) is 24.2 Å². The molecule has 5 nitrogen and oxygen atoms in total. The molecular formula is C19H24O5S. The number of ether oxygens (including phenoxy) is 2. The number of phenolic OH excluding ortho intramolecular Hbond substituents is 1. The highest BCUT2D eigenvalue weighted by Crippen LogP contribution is 2.42. The lowest BCUT2D eigenvalue weighted by Crippen LogP contribution is -2.03. The summed E-state index contributed by atoms with van der Waals surface area (Å²) in [6.45, 7) is 5.64. The molecule has 136 valence electrons. The molecule has 1 aliphatic heterocycles. The van der Waals surface area contributed by atoms with Crippen molar-refractivity contribution in [1.82, 2.24) is 0 Å². The van der Waals surface area contributed by atoms with Gasteiger partial charge in [0.15, 0.2) is 5.12 Å². The van der Waals surface area contributed by atoms with Crippen molar-refractivity contribution in [1.29, 1.82) is 0 Å². The summed E-state index contributed by atoms with van der Waals surface area (Å²) >= 11 is 1.33. The zero-order chi connectivity index (χ0) is 18.6. The summed E-state index contributed by atoms with van der Waals surface area (Å²) in [5.41, 5.74) is 3.57. The van der Waals surface area contributed by atoms with E-state index < -0.39 is 5.97 Å². The highest BCUT2D eigenvalue weighted by atomic mass is 32.2. The molecule has 0 atom stereocenters. The minimum absolute atomic E-state index is 0.0452. The van der Waals surface area contributed by atoms with E-state index in [-0.39, 0.29) is 23.0 Å². The van der Waals surface area contributed by atoms with Crippen LogP contribution in [0.1, 0.15) is 53.7 Å². The molecule has 0 aliphatic carbocycles. The van der Waals surface area contributed by atoms with Gasteiger partial charge in [-0.25, -0.2) is 4.79 Å². The van der Waals surface area contributed by atoms with Crippen molar-refractivity contribution in [3.63, 3.8) is 0 Å². The molecule has 0 saturated heterocycles. The van der Waals surface area contributed by atoms with E-state index in [4.69, 9.17) is 9.47 Å². The summed E-state index contributed by atoms with van der Waals surface area (Å²) in [5, 5.41) is 10.7. The van der Waals surface area contributed by atoms with Gasteiger partial charge in [-0.05, 0) is 38.7 Å². The fraction of sp³-hybridized carbons (Fsp3) is 0.474. The van der Waals surface area contributed by atoms with Crippen LogP contribution in [0.15, 0.2) is 11.6 Å². The highest BCUT2D eigenvalue weighted by Gasteiger charge is 2.31. The molecule has 2 rings (SSSR count). The van der Waals surface area contributed by atoms with Crippen LogP contribution in [-0.4, -0.2) is 29.1 Å².